The molecule has 1 aromatic heterocycles. The van der Waals surface area contributed by atoms with Crippen molar-refractivity contribution in [2.75, 3.05) is 6.61 Å². The van der Waals surface area contributed by atoms with Gasteiger partial charge in [-0.05, 0) is 44.6 Å². The third-order valence-corrected chi connectivity index (χ3v) is 5.77. The van der Waals surface area contributed by atoms with Gasteiger partial charge in [0.25, 0.3) is 0 Å². The first-order valence-corrected chi connectivity index (χ1v) is 9.25. The van der Waals surface area contributed by atoms with E-state index in [1.807, 2.05) is 0 Å². The quantitative estimate of drug-likeness (QED) is 0.847. The predicted molar refractivity (Wildman–Crippen MR) is 97.0 cm³/mol. The second-order valence-electron chi connectivity index (χ2n) is 7.40. The summed E-state index contributed by atoms with van der Waals surface area (Å²) in [5.74, 6) is 0. The molecule has 2 aliphatic rings. The Morgan fingerprint density at radius 3 is 2.83 bits per heavy atom. The van der Waals surface area contributed by atoms with Crippen LogP contribution in [-0.2, 0) is 17.4 Å². The number of hydrogen-bond acceptors (Lipinski definition) is 2. The first-order valence-electron chi connectivity index (χ1n) is 9.25. The highest BCUT2D eigenvalue weighted by Crippen LogP contribution is 2.43. The number of benzene rings is 1. The van der Waals surface area contributed by atoms with Crippen molar-refractivity contribution in [3.8, 4) is 0 Å². The maximum Gasteiger partial charge on any atom is 0.119 e. The van der Waals surface area contributed by atoms with Gasteiger partial charge in [0.1, 0.15) is 5.60 Å². The molecule has 4 rings (SSSR count). The Labute approximate surface area is 143 Å². The van der Waals surface area contributed by atoms with Gasteiger partial charge >= 0.3 is 0 Å². The van der Waals surface area contributed by atoms with Gasteiger partial charge in [0, 0.05) is 29.7 Å². The molecule has 1 saturated heterocycles. The second-order valence-corrected chi connectivity index (χ2v) is 7.40. The van der Waals surface area contributed by atoms with Gasteiger partial charge in [0.2, 0.25) is 0 Å². The van der Waals surface area contributed by atoms with Crippen molar-refractivity contribution < 1.29 is 9.84 Å². The van der Waals surface area contributed by atoms with Gasteiger partial charge in [-0.2, -0.15) is 0 Å². The zero-order chi connectivity index (χ0) is 16.6. The SMILES string of the molecule is Cn1cc([C@@]2(CO)CC[C@@H](C=C3CCCCC3)O2)c2ccccc21. The van der Waals surface area contributed by atoms with E-state index in [4.69, 9.17) is 4.74 Å². The Kier molecular flexibility index (Phi) is 4.23. The molecule has 0 radical (unpaired) electrons. The van der Waals surface area contributed by atoms with Crippen LogP contribution < -0.4 is 0 Å². The van der Waals surface area contributed by atoms with Crippen LogP contribution in [-0.4, -0.2) is 22.4 Å². The van der Waals surface area contributed by atoms with E-state index in [1.54, 1.807) is 5.57 Å². The van der Waals surface area contributed by atoms with Crippen LogP contribution in [0.1, 0.15) is 50.5 Å². The third-order valence-electron chi connectivity index (χ3n) is 5.77. The molecule has 0 bridgehead atoms. The van der Waals surface area contributed by atoms with Crippen LogP contribution in [0.4, 0.5) is 0 Å². The zero-order valence-corrected chi connectivity index (χ0v) is 14.5. The lowest BCUT2D eigenvalue weighted by Gasteiger charge is -2.27. The number of aromatic nitrogens is 1. The minimum atomic E-state index is -0.558. The number of rotatable bonds is 3. The Bertz CT molecular complexity index is 752. The van der Waals surface area contributed by atoms with Gasteiger partial charge in [0.05, 0.1) is 12.7 Å². The van der Waals surface area contributed by atoms with Gasteiger partial charge in [-0.1, -0.05) is 36.3 Å². The molecule has 0 spiro atoms. The molecule has 2 heterocycles. The Morgan fingerprint density at radius 1 is 1.25 bits per heavy atom. The number of aryl methyl sites for hydroxylation is 1. The summed E-state index contributed by atoms with van der Waals surface area (Å²) < 4.78 is 8.61. The van der Waals surface area contributed by atoms with E-state index >= 15 is 0 Å². The first kappa shape index (κ1) is 15.9. The summed E-state index contributed by atoms with van der Waals surface area (Å²) in [4.78, 5) is 0. The van der Waals surface area contributed by atoms with E-state index in [9.17, 15) is 5.11 Å². The molecular formula is C21H27NO2. The zero-order valence-electron chi connectivity index (χ0n) is 14.5. The van der Waals surface area contributed by atoms with E-state index in [2.05, 4.69) is 48.2 Å². The topological polar surface area (TPSA) is 34.4 Å². The predicted octanol–water partition coefficient (Wildman–Crippen LogP) is 4.44. The van der Waals surface area contributed by atoms with Gasteiger partial charge in [0.15, 0.2) is 0 Å². The summed E-state index contributed by atoms with van der Waals surface area (Å²) in [6, 6.07) is 8.38. The number of ether oxygens (including phenoxy) is 1. The van der Waals surface area contributed by atoms with Crippen LogP contribution in [0.25, 0.3) is 10.9 Å². The Hall–Kier alpha value is -1.58. The van der Waals surface area contributed by atoms with Crippen molar-refractivity contribution in [2.45, 2.75) is 56.7 Å². The minimum Gasteiger partial charge on any atom is -0.393 e. The summed E-state index contributed by atoms with van der Waals surface area (Å²) in [6.07, 6.45) is 12.9. The van der Waals surface area contributed by atoms with Gasteiger partial charge in [-0.3, -0.25) is 0 Å². The van der Waals surface area contributed by atoms with Crippen LogP contribution in [0, 0.1) is 0 Å². The number of aliphatic hydroxyl groups excluding tert-OH is 1. The molecule has 24 heavy (non-hydrogen) atoms. The van der Waals surface area contributed by atoms with Crippen molar-refractivity contribution in [3.05, 3.63) is 47.7 Å². The molecule has 3 nitrogen and oxygen atoms in total. The molecule has 0 unspecified atom stereocenters. The average Bonchev–Trinajstić information content (AvgIpc) is 3.19. The maximum absolute atomic E-state index is 10.2. The molecule has 1 aliphatic carbocycles. The van der Waals surface area contributed by atoms with Crippen LogP contribution in [0.3, 0.4) is 0 Å². The number of nitrogens with zero attached hydrogens (tertiary/aromatic N) is 1. The summed E-state index contributed by atoms with van der Waals surface area (Å²) >= 11 is 0. The van der Waals surface area contributed by atoms with E-state index in [-0.39, 0.29) is 12.7 Å². The van der Waals surface area contributed by atoms with E-state index in [0.717, 1.165) is 18.4 Å². The van der Waals surface area contributed by atoms with E-state index in [0.29, 0.717) is 0 Å². The van der Waals surface area contributed by atoms with Crippen LogP contribution in [0.5, 0.6) is 0 Å². The van der Waals surface area contributed by atoms with E-state index in [1.165, 1.54) is 43.0 Å². The van der Waals surface area contributed by atoms with Gasteiger partial charge in [-0.15, -0.1) is 0 Å². The number of fused-ring (bicyclic) bond motifs is 1. The number of hydrogen-bond donors (Lipinski definition) is 1. The normalized spacial score (nSPS) is 27.8. The average molecular weight is 325 g/mol. The van der Waals surface area contributed by atoms with Gasteiger partial charge in [-0.25, -0.2) is 0 Å². The summed E-state index contributed by atoms with van der Waals surface area (Å²) in [5, 5.41) is 11.4. The lowest BCUT2D eigenvalue weighted by atomic mass is 9.90. The smallest absolute Gasteiger partial charge is 0.119 e. The van der Waals surface area contributed by atoms with Crippen molar-refractivity contribution in [3.63, 3.8) is 0 Å². The van der Waals surface area contributed by atoms with Crippen molar-refractivity contribution >= 4 is 10.9 Å². The fraction of sp³-hybridized carbons (Fsp3) is 0.524. The fourth-order valence-corrected chi connectivity index (χ4v) is 4.44. The van der Waals surface area contributed by atoms with E-state index < -0.39 is 5.60 Å². The molecule has 2 aromatic rings. The molecule has 1 N–H and O–H groups in total. The van der Waals surface area contributed by atoms with Crippen LogP contribution in [0.2, 0.25) is 0 Å². The summed E-state index contributed by atoms with van der Waals surface area (Å²) in [7, 11) is 2.06. The number of allylic oxidation sites excluding steroid dienone is 1. The molecule has 128 valence electrons. The van der Waals surface area contributed by atoms with Crippen molar-refractivity contribution in [1.82, 2.24) is 4.57 Å². The monoisotopic (exact) mass is 325 g/mol. The third kappa shape index (κ3) is 2.70. The lowest BCUT2D eigenvalue weighted by Crippen LogP contribution is -2.30. The molecular weight excluding hydrogens is 298 g/mol. The van der Waals surface area contributed by atoms with Crippen molar-refractivity contribution in [2.24, 2.45) is 7.05 Å². The van der Waals surface area contributed by atoms with Crippen LogP contribution in [0.15, 0.2) is 42.1 Å². The molecule has 1 saturated carbocycles. The molecule has 0 amide bonds. The molecule has 1 aromatic carbocycles. The highest BCUT2D eigenvalue weighted by molar-refractivity contribution is 5.84. The Morgan fingerprint density at radius 2 is 2.04 bits per heavy atom. The van der Waals surface area contributed by atoms with Crippen LogP contribution >= 0.6 is 0 Å². The highest BCUT2D eigenvalue weighted by atomic mass is 16.5. The summed E-state index contributed by atoms with van der Waals surface area (Å²) in [6.45, 7) is 0.0423. The first-order chi connectivity index (χ1) is 11.7. The fourth-order valence-electron chi connectivity index (χ4n) is 4.44. The largest absolute Gasteiger partial charge is 0.393 e. The van der Waals surface area contributed by atoms with Gasteiger partial charge < -0.3 is 14.4 Å². The maximum atomic E-state index is 10.2. The number of aliphatic hydroxyl groups is 1. The molecule has 2 atom stereocenters. The Balaban J connectivity index is 1.65. The standard InChI is InChI=1S/C21H27NO2/c1-22-14-19(18-9-5-6-10-20(18)22)21(15-23)12-11-17(24-21)13-16-7-3-2-4-8-16/h5-6,9-10,13-14,17,23H,2-4,7-8,11-12,15H2,1H3/t17-,21-/m0/s1. The molecule has 2 fully saturated rings. The highest BCUT2D eigenvalue weighted by Gasteiger charge is 2.42. The summed E-state index contributed by atoms with van der Waals surface area (Å²) in [5.41, 5.74) is 3.32. The lowest BCUT2D eigenvalue weighted by molar-refractivity contribution is -0.0637. The minimum absolute atomic E-state index is 0.0423. The molecule has 1 aliphatic heterocycles. The van der Waals surface area contributed by atoms with Crippen molar-refractivity contribution in [1.29, 1.82) is 0 Å². The molecule has 3 heteroatoms. The second kappa shape index (κ2) is 6.38. The number of para-hydroxylation sites is 1.